The molecule has 0 radical (unpaired) electrons. The van der Waals surface area contributed by atoms with Crippen LogP contribution in [0.2, 0.25) is 0 Å². The molecule has 0 bridgehead atoms. The normalized spacial score (nSPS) is 9.57. The molecule has 2 heteroatoms. The first-order valence-corrected chi connectivity index (χ1v) is 8.93. The molecule has 2 nitrogen and oxygen atoms in total. The van der Waals surface area contributed by atoms with Crippen LogP contribution in [0.25, 0.3) is 22.5 Å². The average molecular weight is 356 g/mol. The molecule has 0 N–H and O–H groups in total. The number of pyridine rings is 2. The Bertz CT molecular complexity index is 1110. The van der Waals surface area contributed by atoms with Crippen molar-refractivity contribution in [3.8, 4) is 46.2 Å². The Hall–Kier alpha value is -4.14. The van der Waals surface area contributed by atoms with Crippen LogP contribution in [-0.4, -0.2) is 9.97 Å². The van der Waals surface area contributed by atoms with Crippen molar-refractivity contribution in [1.29, 1.82) is 0 Å². The number of rotatable bonds is 2. The van der Waals surface area contributed by atoms with Gasteiger partial charge in [0.05, 0.1) is 11.4 Å². The van der Waals surface area contributed by atoms with Crippen molar-refractivity contribution in [3.63, 3.8) is 0 Å². The number of hydrogen-bond acceptors (Lipinski definition) is 2. The van der Waals surface area contributed by atoms with E-state index in [9.17, 15) is 0 Å². The lowest BCUT2D eigenvalue weighted by Crippen LogP contribution is -1.83. The van der Waals surface area contributed by atoms with Crippen molar-refractivity contribution in [3.05, 3.63) is 108 Å². The summed E-state index contributed by atoms with van der Waals surface area (Å²) < 4.78 is 0. The fourth-order valence-electron chi connectivity index (χ4n) is 2.79. The highest BCUT2D eigenvalue weighted by atomic mass is 14.7. The Labute approximate surface area is 165 Å². The van der Waals surface area contributed by atoms with Gasteiger partial charge >= 0.3 is 0 Å². The smallest absolute Gasteiger partial charge is 0.0702 e. The maximum absolute atomic E-state index is 4.38. The van der Waals surface area contributed by atoms with Crippen LogP contribution < -0.4 is 0 Å². The van der Waals surface area contributed by atoms with Gasteiger partial charge in [0.15, 0.2) is 0 Å². The minimum atomic E-state index is 0.916. The van der Waals surface area contributed by atoms with Crippen molar-refractivity contribution >= 4 is 0 Å². The Morgan fingerprint density at radius 1 is 0.500 bits per heavy atom. The maximum Gasteiger partial charge on any atom is 0.0702 e. The zero-order valence-corrected chi connectivity index (χ0v) is 15.1. The van der Waals surface area contributed by atoms with E-state index in [0.717, 1.165) is 33.6 Å². The molecule has 0 saturated heterocycles. The van der Waals surface area contributed by atoms with Gasteiger partial charge in [0.1, 0.15) is 0 Å². The second-order valence-corrected chi connectivity index (χ2v) is 6.09. The number of aromatic nitrogens is 2. The van der Waals surface area contributed by atoms with E-state index < -0.39 is 0 Å². The second kappa shape index (κ2) is 8.49. The number of nitrogens with zero attached hydrogens (tertiary/aromatic N) is 2. The molecule has 0 aliphatic rings. The van der Waals surface area contributed by atoms with E-state index in [4.69, 9.17) is 0 Å². The first-order chi connectivity index (χ1) is 13.9. The molecule has 0 amide bonds. The van der Waals surface area contributed by atoms with E-state index in [-0.39, 0.29) is 0 Å². The van der Waals surface area contributed by atoms with E-state index >= 15 is 0 Å². The third-order valence-corrected chi connectivity index (χ3v) is 4.12. The van der Waals surface area contributed by atoms with Gasteiger partial charge in [0.2, 0.25) is 0 Å². The van der Waals surface area contributed by atoms with Crippen LogP contribution in [0.15, 0.2) is 97.3 Å². The summed E-state index contributed by atoms with van der Waals surface area (Å²) in [4.78, 5) is 8.76. The van der Waals surface area contributed by atoms with Gasteiger partial charge in [-0.15, -0.1) is 0 Å². The van der Waals surface area contributed by atoms with E-state index in [0.29, 0.717) is 0 Å². The molecule has 2 aromatic heterocycles. The standard InChI is InChI=1S/C26H16N2/c1(9-21-11-7-13-23(19-21)25-15-3-5-17-27-25)2-10-22-12-8-14-24(20-22)26-16-4-6-18-28-26/h3-8,11-20H. The summed E-state index contributed by atoms with van der Waals surface area (Å²) in [6.45, 7) is 0. The highest BCUT2D eigenvalue weighted by Gasteiger charge is 1.99. The Kier molecular flexibility index (Phi) is 5.24. The summed E-state index contributed by atoms with van der Waals surface area (Å²) in [6.07, 6.45) is 3.58. The van der Waals surface area contributed by atoms with Gasteiger partial charge in [0, 0.05) is 34.6 Å². The zero-order valence-electron chi connectivity index (χ0n) is 15.1. The topological polar surface area (TPSA) is 25.8 Å². The monoisotopic (exact) mass is 356 g/mol. The molecule has 0 aliphatic carbocycles. The van der Waals surface area contributed by atoms with Gasteiger partial charge < -0.3 is 0 Å². The van der Waals surface area contributed by atoms with Crippen LogP contribution in [0.4, 0.5) is 0 Å². The quantitative estimate of drug-likeness (QED) is 0.461. The van der Waals surface area contributed by atoms with E-state index in [1.165, 1.54) is 0 Å². The minimum Gasteiger partial charge on any atom is -0.256 e. The molecule has 4 aromatic rings. The Morgan fingerprint density at radius 3 is 1.43 bits per heavy atom. The van der Waals surface area contributed by atoms with Gasteiger partial charge in [0.25, 0.3) is 0 Å². The molecule has 0 unspecified atom stereocenters. The largest absolute Gasteiger partial charge is 0.256 e. The van der Waals surface area contributed by atoms with Crippen LogP contribution in [0.1, 0.15) is 11.1 Å². The molecule has 0 saturated carbocycles. The molecule has 28 heavy (non-hydrogen) atoms. The van der Waals surface area contributed by atoms with Crippen LogP contribution in [0, 0.1) is 23.7 Å². The number of hydrogen-bond donors (Lipinski definition) is 0. The third kappa shape index (κ3) is 4.33. The molecule has 2 heterocycles. The van der Waals surface area contributed by atoms with Crippen LogP contribution in [-0.2, 0) is 0 Å². The van der Waals surface area contributed by atoms with Gasteiger partial charge in [-0.2, -0.15) is 0 Å². The summed E-state index contributed by atoms with van der Waals surface area (Å²) in [5, 5.41) is 0. The summed E-state index contributed by atoms with van der Waals surface area (Å²) in [5.41, 5.74) is 5.79. The predicted molar refractivity (Wildman–Crippen MR) is 113 cm³/mol. The first kappa shape index (κ1) is 17.3. The molecule has 0 spiro atoms. The lowest BCUT2D eigenvalue weighted by Gasteiger charge is -2.00. The highest BCUT2D eigenvalue weighted by Crippen LogP contribution is 2.18. The molecule has 0 atom stereocenters. The Balaban J connectivity index is 1.53. The summed E-state index contributed by atoms with van der Waals surface area (Å²) in [6, 6.07) is 27.8. The summed E-state index contributed by atoms with van der Waals surface area (Å²) in [5.74, 6) is 12.1. The minimum absolute atomic E-state index is 0.916. The van der Waals surface area contributed by atoms with Gasteiger partial charge in [-0.1, -0.05) is 48.2 Å². The van der Waals surface area contributed by atoms with Crippen molar-refractivity contribution in [2.24, 2.45) is 0 Å². The fraction of sp³-hybridized carbons (Fsp3) is 0. The SMILES string of the molecule is C(C#Cc1cccc(-c2ccccn2)c1)#Cc1cccc(-c2ccccn2)c1. The molecular weight excluding hydrogens is 340 g/mol. The van der Waals surface area contributed by atoms with E-state index in [1.54, 1.807) is 12.4 Å². The molecule has 4 rings (SSSR count). The van der Waals surface area contributed by atoms with Crippen molar-refractivity contribution < 1.29 is 0 Å². The lowest BCUT2D eigenvalue weighted by atomic mass is 10.1. The van der Waals surface area contributed by atoms with Gasteiger partial charge in [-0.25, -0.2) is 0 Å². The van der Waals surface area contributed by atoms with Crippen molar-refractivity contribution in [2.45, 2.75) is 0 Å². The van der Waals surface area contributed by atoms with Crippen LogP contribution in [0.5, 0.6) is 0 Å². The second-order valence-electron chi connectivity index (χ2n) is 6.09. The van der Waals surface area contributed by atoms with Crippen molar-refractivity contribution in [1.82, 2.24) is 9.97 Å². The van der Waals surface area contributed by atoms with Crippen LogP contribution in [0.3, 0.4) is 0 Å². The third-order valence-electron chi connectivity index (χ3n) is 4.12. The molecule has 130 valence electrons. The van der Waals surface area contributed by atoms with E-state index in [2.05, 4.69) is 33.6 Å². The van der Waals surface area contributed by atoms with Gasteiger partial charge in [-0.05, 0) is 60.4 Å². The summed E-state index contributed by atoms with van der Waals surface area (Å²) in [7, 11) is 0. The lowest BCUT2D eigenvalue weighted by molar-refractivity contribution is 1.32. The van der Waals surface area contributed by atoms with E-state index in [1.807, 2.05) is 84.9 Å². The zero-order chi connectivity index (χ0) is 19.0. The molecule has 0 aliphatic heterocycles. The fourth-order valence-corrected chi connectivity index (χ4v) is 2.79. The molecule has 2 aromatic carbocycles. The summed E-state index contributed by atoms with van der Waals surface area (Å²) >= 11 is 0. The predicted octanol–water partition coefficient (Wildman–Crippen LogP) is 5.21. The highest BCUT2D eigenvalue weighted by molar-refractivity contribution is 5.63. The first-order valence-electron chi connectivity index (χ1n) is 8.93. The Morgan fingerprint density at radius 2 is 1.00 bits per heavy atom. The van der Waals surface area contributed by atoms with Crippen LogP contribution >= 0.6 is 0 Å². The maximum atomic E-state index is 4.38. The molecular formula is C26H16N2. The van der Waals surface area contributed by atoms with Gasteiger partial charge in [-0.3, -0.25) is 9.97 Å². The molecule has 0 fully saturated rings. The number of benzene rings is 2. The van der Waals surface area contributed by atoms with Crippen molar-refractivity contribution in [2.75, 3.05) is 0 Å². The average Bonchev–Trinajstić information content (AvgIpc) is 2.78.